The van der Waals surface area contributed by atoms with Crippen molar-refractivity contribution in [2.75, 3.05) is 13.7 Å². The van der Waals surface area contributed by atoms with Crippen molar-refractivity contribution in [1.82, 2.24) is 5.32 Å². The molecule has 0 heterocycles. The van der Waals surface area contributed by atoms with Crippen LogP contribution >= 0.6 is 0 Å². The van der Waals surface area contributed by atoms with Crippen molar-refractivity contribution < 1.29 is 14.6 Å². The molecule has 1 saturated carbocycles. The Morgan fingerprint density at radius 3 is 2.82 bits per heavy atom. The van der Waals surface area contributed by atoms with Crippen LogP contribution in [0.1, 0.15) is 12.8 Å². The Labute approximate surface area is 65.5 Å². The van der Waals surface area contributed by atoms with E-state index in [0.717, 1.165) is 12.8 Å². The minimum atomic E-state index is -0.959. The maximum absolute atomic E-state index is 10.3. The van der Waals surface area contributed by atoms with Gasteiger partial charge < -0.3 is 15.2 Å². The van der Waals surface area contributed by atoms with Gasteiger partial charge in [0.25, 0.3) is 0 Å². The molecule has 11 heavy (non-hydrogen) atoms. The Balaban J connectivity index is 2.26. The number of amides is 1. The van der Waals surface area contributed by atoms with E-state index in [0.29, 0.717) is 12.5 Å². The van der Waals surface area contributed by atoms with Gasteiger partial charge in [-0.05, 0) is 18.8 Å². The molecule has 0 aliphatic heterocycles. The van der Waals surface area contributed by atoms with Crippen LogP contribution in [-0.4, -0.2) is 31.0 Å². The molecule has 0 aromatic rings. The third-order valence-electron chi connectivity index (χ3n) is 1.85. The number of nitrogens with one attached hydrogen (secondary N) is 1. The molecule has 2 N–H and O–H groups in total. The average molecular weight is 159 g/mol. The van der Waals surface area contributed by atoms with Crippen LogP contribution in [0.4, 0.5) is 4.79 Å². The lowest BCUT2D eigenvalue weighted by atomic mass is 10.2. The smallest absolute Gasteiger partial charge is 0.404 e. The first kappa shape index (κ1) is 8.33. The molecule has 4 nitrogen and oxygen atoms in total. The molecule has 1 aliphatic carbocycles. The molecule has 1 rings (SSSR count). The minimum Gasteiger partial charge on any atom is -0.465 e. The van der Waals surface area contributed by atoms with E-state index in [1.54, 1.807) is 7.11 Å². The van der Waals surface area contributed by atoms with Crippen LogP contribution in [-0.2, 0) is 4.74 Å². The van der Waals surface area contributed by atoms with E-state index in [-0.39, 0.29) is 6.04 Å². The summed E-state index contributed by atoms with van der Waals surface area (Å²) in [5, 5.41) is 10.9. The molecule has 0 spiro atoms. The Morgan fingerprint density at radius 1 is 1.82 bits per heavy atom. The normalized spacial score (nSPS) is 19.4. The molecule has 64 valence electrons. The van der Waals surface area contributed by atoms with Crippen LogP contribution in [0.15, 0.2) is 0 Å². The molecule has 1 amide bonds. The van der Waals surface area contributed by atoms with Crippen LogP contribution in [0.5, 0.6) is 0 Å². The maximum Gasteiger partial charge on any atom is 0.404 e. The second-order valence-electron chi connectivity index (χ2n) is 2.85. The van der Waals surface area contributed by atoms with Crippen LogP contribution in [0.3, 0.4) is 0 Å². The molecule has 1 atom stereocenters. The van der Waals surface area contributed by atoms with Gasteiger partial charge in [0, 0.05) is 7.11 Å². The van der Waals surface area contributed by atoms with Crippen LogP contribution in [0.2, 0.25) is 0 Å². The van der Waals surface area contributed by atoms with E-state index in [1.165, 1.54) is 0 Å². The van der Waals surface area contributed by atoms with Crippen molar-refractivity contribution in [3.8, 4) is 0 Å². The third kappa shape index (κ3) is 2.76. The SMILES string of the molecule is COCC(NC(=O)O)C1CC1. The fourth-order valence-electron chi connectivity index (χ4n) is 1.13. The van der Waals surface area contributed by atoms with Crippen molar-refractivity contribution in [2.45, 2.75) is 18.9 Å². The standard InChI is InChI=1S/C7H13NO3/c1-11-4-6(5-2-3-5)8-7(9)10/h5-6,8H,2-4H2,1H3,(H,9,10). The summed E-state index contributed by atoms with van der Waals surface area (Å²) in [7, 11) is 1.58. The summed E-state index contributed by atoms with van der Waals surface area (Å²) in [5.74, 6) is 0.506. The van der Waals surface area contributed by atoms with E-state index in [4.69, 9.17) is 9.84 Å². The fraction of sp³-hybridized carbons (Fsp3) is 0.857. The summed E-state index contributed by atoms with van der Waals surface area (Å²) in [6, 6.07) is -0.00231. The topological polar surface area (TPSA) is 58.6 Å². The average Bonchev–Trinajstić information content (AvgIpc) is 2.66. The van der Waals surface area contributed by atoms with Gasteiger partial charge in [-0.3, -0.25) is 0 Å². The zero-order valence-corrected chi connectivity index (χ0v) is 6.54. The lowest BCUT2D eigenvalue weighted by molar-refractivity contribution is 0.144. The molecule has 0 bridgehead atoms. The van der Waals surface area contributed by atoms with Gasteiger partial charge >= 0.3 is 6.09 Å². The Kier molecular flexibility index (Phi) is 2.70. The highest BCUT2D eigenvalue weighted by atomic mass is 16.5. The van der Waals surface area contributed by atoms with Crippen LogP contribution < -0.4 is 5.32 Å². The molecule has 4 heteroatoms. The molecule has 1 unspecified atom stereocenters. The quantitative estimate of drug-likeness (QED) is 0.634. The highest BCUT2D eigenvalue weighted by Crippen LogP contribution is 2.32. The third-order valence-corrected chi connectivity index (χ3v) is 1.85. The number of carboxylic acid groups (broad SMARTS) is 1. The number of hydrogen-bond donors (Lipinski definition) is 2. The summed E-state index contributed by atoms with van der Waals surface area (Å²) < 4.78 is 4.88. The van der Waals surface area contributed by atoms with Gasteiger partial charge in [0.05, 0.1) is 12.6 Å². The van der Waals surface area contributed by atoms with Gasteiger partial charge in [0.15, 0.2) is 0 Å². The largest absolute Gasteiger partial charge is 0.465 e. The fourth-order valence-corrected chi connectivity index (χ4v) is 1.13. The first-order valence-electron chi connectivity index (χ1n) is 3.72. The molecule has 0 aromatic carbocycles. The molecular weight excluding hydrogens is 146 g/mol. The van der Waals surface area contributed by atoms with Crippen molar-refractivity contribution in [3.05, 3.63) is 0 Å². The van der Waals surface area contributed by atoms with Crippen molar-refractivity contribution in [1.29, 1.82) is 0 Å². The van der Waals surface area contributed by atoms with E-state index in [9.17, 15) is 4.79 Å². The summed E-state index contributed by atoms with van der Waals surface area (Å²) in [6.45, 7) is 0.483. The molecule has 0 aromatic heterocycles. The molecule has 0 radical (unpaired) electrons. The van der Waals surface area contributed by atoms with E-state index in [2.05, 4.69) is 5.32 Å². The van der Waals surface area contributed by atoms with Gasteiger partial charge in [-0.25, -0.2) is 4.79 Å². The number of rotatable bonds is 4. The number of methoxy groups -OCH3 is 1. The number of ether oxygens (including phenoxy) is 1. The molecule has 1 fully saturated rings. The first-order chi connectivity index (χ1) is 5.24. The lowest BCUT2D eigenvalue weighted by Crippen LogP contribution is -2.38. The van der Waals surface area contributed by atoms with Crippen LogP contribution in [0.25, 0.3) is 0 Å². The van der Waals surface area contributed by atoms with Crippen LogP contribution in [0, 0.1) is 5.92 Å². The molecule has 1 aliphatic rings. The Hall–Kier alpha value is -0.770. The predicted molar refractivity (Wildman–Crippen MR) is 39.5 cm³/mol. The van der Waals surface area contributed by atoms with Gasteiger partial charge in [0.2, 0.25) is 0 Å². The van der Waals surface area contributed by atoms with Crippen molar-refractivity contribution in [3.63, 3.8) is 0 Å². The number of hydrogen-bond acceptors (Lipinski definition) is 2. The minimum absolute atomic E-state index is 0.00231. The van der Waals surface area contributed by atoms with Gasteiger partial charge in [-0.15, -0.1) is 0 Å². The lowest BCUT2D eigenvalue weighted by Gasteiger charge is -2.14. The second-order valence-corrected chi connectivity index (χ2v) is 2.85. The van der Waals surface area contributed by atoms with Gasteiger partial charge in [-0.1, -0.05) is 0 Å². The summed E-state index contributed by atoms with van der Waals surface area (Å²) in [6.07, 6.45) is 1.28. The monoisotopic (exact) mass is 159 g/mol. The Morgan fingerprint density at radius 2 is 2.45 bits per heavy atom. The van der Waals surface area contributed by atoms with Crippen molar-refractivity contribution in [2.24, 2.45) is 5.92 Å². The second kappa shape index (κ2) is 3.57. The first-order valence-corrected chi connectivity index (χ1v) is 3.72. The predicted octanol–water partition coefficient (Wildman–Crippen LogP) is 0.679. The highest BCUT2D eigenvalue weighted by molar-refractivity contribution is 5.64. The van der Waals surface area contributed by atoms with E-state index >= 15 is 0 Å². The van der Waals surface area contributed by atoms with Crippen molar-refractivity contribution >= 4 is 6.09 Å². The number of carbonyl (C=O) groups is 1. The van der Waals surface area contributed by atoms with E-state index in [1.807, 2.05) is 0 Å². The zero-order chi connectivity index (χ0) is 8.27. The highest BCUT2D eigenvalue weighted by Gasteiger charge is 2.31. The molecular formula is C7H13NO3. The zero-order valence-electron chi connectivity index (χ0n) is 6.54. The van der Waals surface area contributed by atoms with Gasteiger partial charge in [0.1, 0.15) is 0 Å². The maximum atomic E-state index is 10.3. The Bertz CT molecular complexity index is 145. The van der Waals surface area contributed by atoms with E-state index < -0.39 is 6.09 Å². The summed E-state index contributed by atoms with van der Waals surface area (Å²) in [5.41, 5.74) is 0. The summed E-state index contributed by atoms with van der Waals surface area (Å²) >= 11 is 0. The summed E-state index contributed by atoms with van der Waals surface area (Å²) in [4.78, 5) is 10.3. The van der Waals surface area contributed by atoms with Gasteiger partial charge in [-0.2, -0.15) is 0 Å². The molecule has 0 saturated heterocycles.